The summed E-state index contributed by atoms with van der Waals surface area (Å²) in [6.45, 7) is 1.54. The maximum Gasteiger partial charge on any atom is 0.137 e. The number of ether oxygens (including phenoxy) is 1. The molecule has 6 rings (SSSR count). The van der Waals surface area contributed by atoms with Crippen LogP contribution in [-0.2, 0) is 0 Å². The molecule has 196 valence electrons. The Hall–Kier alpha value is -4.83. The maximum absolute atomic E-state index is 14.6. The Labute approximate surface area is 224 Å². The van der Waals surface area contributed by atoms with Crippen LogP contribution in [0, 0.1) is 5.82 Å². The van der Waals surface area contributed by atoms with E-state index in [9.17, 15) is 4.39 Å². The van der Waals surface area contributed by atoms with Crippen LogP contribution in [0.4, 0.5) is 10.1 Å². The van der Waals surface area contributed by atoms with Gasteiger partial charge < -0.3 is 19.9 Å². The van der Waals surface area contributed by atoms with Crippen LogP contribution >= 0.6 is 0 Å². The summed E-state index contributed by atoms with van der Waals surface area (Å²) in [4.78, 5) is 19.0. The molecule has 39 heavy (non-hydrogen) atoms. The topological polar surface area (TPSA) is 108 Å². The number of benzene rings is 1. The second kappa shape index (κ2) is 10.1. The predicted molar refractivity (Wildman–Crippen MR) is 151 cm³/mol. The molecule has 0 saturated carbocycles. The van der Waals surface area contributed by atoms with Crippen LogP contribution in [0.5, 0.6) is 5.75 Å². The van der Waals surface area contributed by atoms with E-state index in [2.05, 4.69) is 40.3 Å². The highest BCUT2D eigenvalue weighted by Crippen LogP contribution is 2.35. The molecule has 0 amide bonds. The van der Waals surface area contributed by atoms with Crippen molar-refractivity contribution in [1.82, 2.24) is 35.0 Å². The molecule has 0 aliphatic rings. The van der Waals surface area contributed by atoms with Crippen molar-refractivity contribution in [1.29, 1.82) is 0 Å². The highest BCUT2D eigenvalue weighted by atomic mass is 19.1. The number of anilines is 1. The van der Waals surface area contributed by atoms with Gasteiger partial charge in [-0.1, -0.05) is 0 Å². The van der Waals surface area contributed by atoms with Crippen molar-refractivity contribution in [3.8, 4) is 39.7 Å². The molecule has 3 N–H and O–H groups in total. The number of halogens is 1. The summed E-state index contributed by atoms with van der Waals surface area (Å²) in [5.41, 5.74) is 6.94. The molecule has 5 heterocycles. The average Bonchev–Trinajstić information content (AvgIpc) is 3.56. The fraction of sp³-hybridized carbons (Fsp3) is 0.172. The highest BCUT2D eigenvalue weighted by molar-refractivity contribution is 6.00. The molecule has 0 radical (unpaired) electrons. The zero-order valence-electron chi connectivity index (χ0n) is 21.8. The number of methoxy groups -OCH3 is 1. The van der Waals surface area contributed by atoms with E-state index in [1.165, 1.54) is 12.1 Å². The van der Waals surface area contributed by atoms with Gasteiger partial charge in [-0.15, -0.1) is 0 Å². The lowest BCUT2D eigenvalue weighted by molar-refractivity contribution is 0.413. The van der Waals surface area contributed by atoms with Crippen molar-refractivity contribution in [2.45, 2.75) is 0 Å². The minimum atomic E-state index is -0.320. The summed E-state index contributed by atoms with van der Waals surface area (Å²) >= 11 is 0. The number of fused-ring (bicyclic) bond motifs is 2. The van der Waals surface area contributed by atoms with Crippen molar-refractivity contribution in [2.24, 2.45) is 0 Å². The summed E-state index contributed by atoms with van der Waals surface area (Å²) in [6, 6.07) is 12.7. The van der Waals surface area contributed by atoms with Crippen molar-refractivity contribution < 1.29 is 9.13 Å². The number of likely N-dealkylation sites (N-methyl/N-ethyl adjacent to an activating group) is 1. The van der Waals surface area contributed by atoms with Gasteiger partial charge in [-0.25, -0.2) is 4.39 Å². The fourth-order valence-corrected chi connectivity index (χ4v) is 4.61. The van der Waals surface area contributed by atoms with E-state index in [-0.39, 0.29) is 5.82 Å². The molecule has 0 bridgehead atoms. The minimum absolute atomic E-state index is 0.320. The smallest absolute Gasteiger partial charge is 0.137 e. The van der Waals surface area contributed by atoms with Crippen LogP contribution < -0.4 is 10.1 Å². The number of pyridine rings is 3. The molecule has 1 aromatic carbocycles. The van der Waals surface area contributed by atoms with E-state index in [4.69, 9.17) is 4.74 Å². The Bertz CT molecular complexity index is 1790. The minimum Gasteiger partial charge on any atom is -0.495 e. The summed E-state index contributed by atoms with van der Waals surface area (Å²) in [5, 5.41) is 12.7. The van der Waals surface area contributed by atoms with E-state index in [1.807, 2.05) is 44.4 Å². The quantitative estimate of drug-likeness (QED) is 0.247. The zero-order chi connectivity index (χ0) is 26.9. The third kappa shape index (κ3) is 4.89. The van der Waals surface area contributed by atoms with Crippen LogP contribution in [0.25, 0.3) is 55.7 Å². The number of nitrogens with zero attached hydrogens (tertiary/aromatic N) is 5. The van der Waals surface area contributed by atoms with Gasteiger partial charge in [0.25, 0.3) is 0 Å². The van der Waals surface area contributed by atoms with Gasteiger partial charge >= 0.3 is 0 Å². The van der Waals surface area contributed by atoms with E-state index >= 15 is 0 Å². The average molecular weight is 523 g/mol. The molecule has 0 spiro atoms. The largest absolute Gasteiger partial charge is 0.495 e. The number of hydrogen-bond acceptors (Lipinski definition) is 7. The number of H-pyrrole nitrogens is 2. The standard InChI is InChI=1S/C29H27FN8O/c1-38(2)7-6-32-20-9-17(8-19(30)11-20)28-22-13-26(35-24(22)4-5-33-28)29-23-12-25(34-16-27(23)36-37-29)18-10-21(39-3)15-31-14-18/h4-5,8-16,32,35H,6-7H2,1-3H3,(H,36,37). The summed E-state index contributed by atoms with van der Waals surface area (Å²) in [5.74, 6) is 0.339. The number of aromatic amines is 2. The molecule has 0 fully saturated rings. The summed E-state index contributed by atoms with van der Waals surface area (Å²) < 4.78 is 19.9. The van der Waals surface area contributed by atoms with Gasteiger partial charge in [0, 0.05) is 58.6 Å². The van der Waals surface area contributed by atoms with E-state index < -0.39 is 0 Å². The monoisotopic (exact) mass is 522 g/mol. The lowest BCUT2D eigenvalue weighted by Gasteiger charge is -2.12. The molecular formula is C29H27FN8O. The molecular weight excluding hydrogens is 495 g/mol. The summed E-state index contributed by atoms with van der Waals surface area (Å²) in [7, 11) is 5.61. The van der Waals surface area contributed by atoms with Gasteiger partial charge in [-0.3, -0.25) is 20.1 Å². The highest BCUT2D eigenvalue weighted by Gasteiger charge is 2.16. The second-order valence-electron chi connectivity index (χ2n) is 9.56. The van der Waals surface area contributed by atoms with Crippen molar-refractivity contribution in [3.63, 3.8) is 0 Å². The molecule has 9 nitrogen and oxygen atoms in total. The first kappa shape index (κ1) is 24.5. The number of nitrogens with one attached hydrogen (secondary N) is 3. The fourth-order valence-electron chi connectivity index (χ4n) is 4.61. The summed E-state index contributed by atoms with van der Waals surface area (Å²) in [6.07, 6.45) is 6.89. The first-order chi connectivity index (χ1) is 19.0. The zero-order valence-corrected chi connectivity index (χ0v) is 21.8. The van der Waals surface area contributed by atoms with Crippen molar-refractivity contribution in [2.75, 3.05) is 39.6 Å². The molecule has 0 saturated heterocycles. The first-order valence-corrected chi connectivity index (χ1v) is 12.5. The number of hydrogen-bond donors (Lipinski definition) is 3. The Balaban J connectivity index is 1.40. The lowest BCUT2D eigenvalue weighted by atomic mass is 10.1. The van der Waals surface area contributed by atoms with Crippen LogP contribution in [-0.4, -0.2) is 69.3 Å². The number of rotatable bonds is 8. The molecule has 10 heteroatoms. The Morgan fingerprint density at radius 1 is 0.923 bits per heavy atom. The van der Waals surface area contributed by atoms with Crippen LogP contribution in [0.15, 0.2) is 67.3 Å². The normalized spacial score (nSPS) is 11.5. The van der Waals surface area contributed by atoms with Gasteiger partial charge in [-0.2, -0.15) is 5.10 Å². The van der Waals surface area contributed by atoms with Gasteiger partial charge in [-0.05, 0) is 56.6 Å². The Morgan fingerprint density at radius 2 is 1.79 bits per heavy atom. The van der Waals surface area contributed by atoms with Crippen molar-refractivity contribution >= 4 is 27.5 Å². The number of aromatic nitrogens is 6. The third-order valence-corrected chi connectivity index (χ3v) is 6.55. The first-order valence-electron chi connectivity index (χ1n) is 12.5. The van der Waals surface area contributed by atoms with Gasteiger partial charge in [0.05, 0.1) is 42.1 Å². The Morgan fingerprint density at radius 3 is 2.64 bits per heavy atom. The van der Waals surface area contributed by atoms with Crippen molar-refractivity contribution in [3.05, 3.63) is 73.1 Å². The van der Waals surface area contributed by atoms with E-state index in [0.29, 0.717) is 29.2 Å². The van der Waals surface area contributed by atoms with Gasteiger partial charge in [0.1, 0.15) is 17.3 Å². The van der Waals surface area contributed by atoms with Gasteiger partial charge in [0.2, 0.25) is 0 Å². The second-order valence-corrected chi connectivity index (χ2v) is 9.56. The Kier molecular flexibility index (Phi) is 6.37. The SMILES string of the molecule is COc1cncc(-c2cc3c(-c4cc5c(-c6cc(F)cc(NCCN(C)C)c6)nccc5[nH]4)n[nH]c3cn2)c1. The molecule has 0 atom stereocenters. The van der Waals surface area contributed by atoms with Crippen LogP contribution in [0.1, 0.15) is 0 Å². The predicted octanol–water partition coefficient (Wildman–Crippen LogP) is 5.35. The molecule has 0 aliphatic carbocycles. The molecule has 5 aromatic heterocycles. The molecule has 0 unspecified atom stereocenters. The lowest BCUT2D eigenvalue weighted by Crippen LogP contribution is -2.20. The van der Waals surface area contributed by atoms with Crippen LogP contribution in [0.3, 0.4) is 0 Å². The van der Waals surface area contributed by atoms with Crippen LogP contribution in [0.2, 0.25) is 0 Å². The van der Waals surface area contributed by atoms with E-state index in [1.54, 1.807) is 31.9 Å². The van der Waals surface area contributed by atoms with Gasteiger partial charge in [0.15, 0.2) is 0 Å². The van der Waals surface area contributed by atoms with E-state index in [0.717, 1.165) is 51.0 Å². The molecule has 6 aromatic rings. The molecule has 0 aliphatic heterocycles. The third-order valence-electron chi connectivity index (χ3n) is 6.55. The maximum atomic E-state index is 14.6.